The third kappa shape index (κ3) is 2.65. The number of benzene rings is 1. The van der Waals surface area contributed by atoms with Crippen molar-refractivity contribution >= 4 is 17.2 Å². The van der Waals surface area contributed by atoms with Gasteiger partial charge in [0.25, 0.3) is 5.56 Å². The fourth-order valence-electron chi connectivity index (χ4n) is 3.04. The number of aromatic nitrogens is 2. The van der Waals surface area contributed by atoms with Crippen LogP contribution >= 0.6 is 0 Å². The molecule has 1 aromatic carbocycles. The summed E-state index contributed by atoms with van der Waals surface area (Å²) in [4.78, 5) is 21.4. The molecule has 5 heteroatoms. The van der Waals surface area contributed by atoms with Crippen LogP contribution in [0.15, 0.2) is 65.6 Å². The van der Waals surface area contributed by atoms with E-state index in [4.69, 9.17) is 0 Å². The maximum Gasteiger partial charge on any atom is 0.259 e. The Bertz CT molecular complexity index is 867. The smallest absolute Gasteiger partial charge is 0.259 e. The van der Waals surface area contributed by atoms with Gasteiger partial charge in [-0.1, -0.05) is 24.3 Å². The van der Waals surface area contributed by atoms with Crippen LogP contribution in [0.1, 0.15) is 0 Å². The molecule has 23 heavy (non-hydrogen) atoms. The Morgan fingerprint density at radius 1 is 0.826 bits per heavy atom. The lowest BCUT2D eigenvalue weighted by molar-refractivity contribution is 0.647. The number of hydrogen-bond acceptors (Lipinski definition) is 4. The highest BCUT2D eigenvalue weighted by atomic mass is 16.1. The molecule has 116 valence electrons. The SMILES string of the molecule is O=c1cc(N2CCN(c3ccccc3)CC2)nc2ccccn12. The first-order valence-electron chi connectivity index (χ1n) is 7.85. The zero-order valence-electron chi connectivity index (χ0n) is 12.8. The monoisotopic (exact) mass is 306 g/mol. The lowest BCUT2D eigenvalue weighted by atomic mass is 10.2. The van der Waals surface area contributed by atoms with Crippen molar-refractivity contribution in [1.82, 2.24) is 9.38 Å². The van der Waals surface area contributed by atoms with Gasteiger partial charge in [0, 0.05) is 44.1 Å². The average molecular weight is 306 g/mol. The lowest BCUT2D eigenvalue weighted by Gasteiger charge is -2.36. The molecule has 0 N–H and O–H groups in total. The van der Waals surface area contributed by atoms with Crippen molar-refractivity contribution in [2.24, 2.45) is 0 Å². The van der Waals surface area contributed by atoms with E-state index in [9.17, 15) is 4.79 Å². The summed E-state index contributed by atoms with van der Waals surface area (Å²) in [6.45, 7) is 3.59. The number of piperazine rings is 1. The second-order valence-electron chi connectivity index (χ2n) is 5.69. The van der Waals surface area contributed by atoms with Crippen LogP contribution in [0.2, 0.25) is 0 Å². The summed E-state index contributed by atoms with van der Waals surface area (Å²) in [7, 11) is 0. The first kappa shape index (κ1) is 13.8. The minimum Gasteiger partial charge on any atom is -0.368 e. The van der Waals surface area contributed by atoms with E-state index in [1.165, 1.54) is 5.69 Å². The number of nitrogens with zero attached hydrogens (tertiary/aromatic N) is 4. The Morgan fingerprint density at radius 2 is 1.52 bits per heavy atom. The Morgan fingerprint density at radius 3 is 2.30 bits per heavy atom. The number of fused-ring (bicyclic) bond motifs is 1. The van der Waals surface area contributed by atoms with Crippen molar-refractivity contribution in [1.29, 1.82) is 0 Å². The van der Waals surface area contributed by atoms with E-state index in [0.29, 0.717) is 5.65 Å². The van der Waals surface area contributed by atoms with Gasteiger partial charge in [0.1, 0.15) is 11.5 Å². The molecule has 1 saturated heterocycles. The van der Waals surface area contributed by atoms with Crippen LogP contribution in [0.5, 0.6) is 0 Å². The van der Waals surface area contributed by atoms with Gasteiger partial charge in [-0.2, -0.15) is 0 Å². The molecule has 0 saturated carbocycles. The first-order chi connectivity index (χ1) is 11.3. The molecule has 3 aromatic rings. The van der Waals surface area contributed by atoms with Crippen LogP contribution in [0, 0.1) is 0 Å². The summed E-state index contributed by atoms with van der Waals surface area (Å²) in [5, 5.41) is 0. The van der Waals surface area contributed by atoms with E-state index in [2.05, 4.69) is 39.0 Å². The van der Waals surface area contributed by atoms with Crippen molar-refractivity contribution in [2.45, 2.75) is 0 Å². The number of anilines is 2. The molecule has 0 radical (unpaired) electrons. The van der Waals surface area contributed by atoms with Crippen molar-refractivity contribution in [3.63, 3.8) is 0 Å². The zero-order chi connectivity index (χ0) is 15.6. The van der Waals surface area contributed by atoms with Gasteiger partial charge in [-0.05, 0) is 24.3 Å². The summed E-state index contributed by atoms with van der Waals surface area (Å²) in [5.74, 6) is 0.772. The van der Waals surface area contributed by atoms with E-state index in [0.717, 1.165) is 32.0 Å². The average Bonchev–Trinajstić information content (AvgIpc) is 2.63. The van der Waals surface area contributed by atoms with E-state index in [1.807, 2.05) is 24.3 Å². The molecular formula is C18H18N4O. The van der Waals surface area contributed by atoms with Crippen LogP contribution < -0.4 is 15.4 Å². The van der Waals surface area contributed by atoms with Crippen molar-refractivity contribution in [2.75, 3.05) is 36.0 Å². The van der Waals surface area contributed by atoms with E-state index < -0.39 is 0 Å². The van der Waals surface area contributed by atoms with Crippen LogP contribution in [-0.4, -0.2) is 35.6 Å². The minimum atomic E-state index is -0.0314. The quantitative estimate of drug-likeness (QED) is 0.726. The second kappa shape index (κ2) is 5.76. The van der Waals surface area contributed by atoms with Crippen molar-refractivity contribution in [3.05, 3.63) is 71.1 Å². The van der Waals surface area contributed by atoms with Crippen molar-refractivity contribution in [3.8, 4) is 0 Å². The Balaban J connectivity index is 1.56. The number of hydrogen-bond donors (Lipinski definition) is 0. The largest absolute Gasteiger partial charge is 0.368 e. The predicted molar refractivity (Wildman–Crippen MR) is 92.3 cm³/mol. The highest BCUT2D eigenvalue weighted by molar-refractivity contribution is 5.51. The molecule has 1 aliphatic rings. The van der Waals surface area contributed by atoms with Gasteiger partial charge in [0.15, 0.2) is 0 Å². The van der Waals surface area contributed by atoms with Gasteiger partial charge >= 0.3 is 0 Å². The topological polar surface area (TPSA) is 40.9 Å². The van der Waals surface area contributed by atoms with E-state index in [1.54, 1.807) is 16.7 Å². The highest BCUT2D eigenvalue weighted by Gasteiger charge is 2.19. The van der Waals surface area contributed by atoms with Crippen LogP contribution in [0.3, 0.4) is 0 Å². The molecule has 0 amide bonds. The lowest BCUT2D eigenvalue weighted by Crippen LogP contribution is -2.47. The summed E-state index contributed by atoms with van der Waals surface area (Å²) in [5.41, 5.74) is 1.91. The molecule has 1 aliphatic heterocycles. The number of rotatable bonds is 2. The van der Waals surface area contributed by atoms with Gasteiger partial charge < -0.3 is 9.80 Å². The van der Waals surface area contributed by atoms with Gasteiger partial charge in [0.2, 0.25) is 0 Å². The molecule has 0 bridgehead atoms. The summed E-state index contributed by atoms with van der Waals surface area (Å²) in [6, 6.07) is 17.7. The van der Waals surface area contributed by atoms with Crippen LogP contribution in [0.25, 0.3) is 5.65 Å². The fourth-order valence-corrected chi connectivity index (χ4v) is 3.04. The Kier molecular flexibility index (Phi) is 3.46. The number of para-hydroxylation sites is 1. The first-order valence-corrected chi connectivity index (χ1v) is 7.85. The van der Waals surface area contributed by atoms with E-state index in [-0.39, 0.29) is 5.56 Å². The molecule has 4 rings (SSSR count). The minimum absolute atomic E-state index is 0.0314. The fraction of sp³-hybridized carbons (Fsp3) is 0.222. The summed E-state index contributed by atoms with van der Waals surface area (Å²) >= 11 is 0. The summed E-state index contributed by atoms with van der Waals surface area (Å²) in [6.07, 6.45) is 1.75. The Hall–Kier alpha value is -2.82. The Labute approximate surface area is 134 Å². The third-order valence-corrected chi connectivity index (χ3v) is 4.28. The molecule has 0 unspecified atom stereocenters. The van der Waals surface area contributed by atoms with E-state index >= 15 is 0 Å². The third-order valence-electron chi connectivity index (χ3n) is 4.28. The molecular weight excluding hydrogens is 288 g/mol. The maximum absolute atomic E-state index is 12.2. The standard InChI is InChI=1S/C18H18N4O/c23-18-14-17(19-16-8-4-5-9-22(16)18)21-12-10-20(11-13-21)15-6-2-1-3-7-15/h1-9,14H,10-13H2. The molecule has 5 nitrogen and oxygen atoms in total. The van der Waals surface area contributed by atoms with Crippen molar-refractivity contribution < 1.29 is 0 Å². The second-order valence-corrected chi connectivity index (χ2v) is 5.69. The maximum atomic E-state index is 12.2. The molecule has 0 spiro atoms. The molecule has 1 fully saturated rings. The zero-order valence-corrected chi connectivity index (χ0v) is 12.8. The molecule has 3 heterocycles. The van der Waals surface area contributed by atoms with Gasteiger partial charge in [-0.25, -0.2) is 4.98 Å². The molecule has 0 atom stereocenters. The number of pyridine rings is 1. The predicted octanol–water partition coefficient (Wildman–Crippen LogP) is 2.02. The van der Waals surface area contributed by atoms with Gasteiger partial charge in [-0.15, -0.1) is 0 Å². The molecule has 2 aromatic heterocycles. The highest BCUT2D eigenvalue weighted by Crippen LogP contribution is 2.18. The van der Waals surface area contributed by atoms with Gasteiger partial charge in [-0.3, -0.25) is 9.20 Å². The van der Waals surface area contributed by atoms with Crippen LogP contribution in [0.4, 0.5) is 11.5 Å². The van der Waals surface area contributed by atoms with Gasteiger partial charge in [0.05, 0.1) is 0 Å². The molecule has 0 aliphatic carbocycles. The van der Waals surface area contributed by atoms with Crippen LogP contribution in [-0.2, 0) is 0 Å². The normalized spacial score (nSPS) is 15.1. The summed E-state index contributed by atoms with van der Waals surface area (Å²) < 4.78 is 1.57.